The van der Waals surface area contributed by atoms with Gasteiger partial charge in [-0.15, -0.1) is 0 Å². The van der Waals surface area contributed by atoms with Crippen LogP contribution in [-0.2, 0) is 9.59 Å². The van der Waals surface area contributed by atoms with Gasteiger partial charge in [0.1, 0.15) is 6.04 Å². The number of nitrogens with zero attached hydrogens (tertiary/aromatic N) is 1. The van der Waals surface area contributed by atoms with Crippen molar-refractivity contribution < 1.29 is 32.3 Å². The van der Waals surface area contributed by atoms with Crippen molar-refractivity contribution in [2.75, 3.05) is 13.6 Å². The fourth-order valence-corrected chi connectivity index (χ4v) is 4.56. The topological polar surface area (TPSA) is 81.7 Å². The Labute approximate surface area is 207 Å². The van der Waals surface area contributed by atoms with Crippen LogP contribution >= 0.6 is 0 Å². The van der Waals surface area contributed by atoms with Gasteiger partial charge in [0.2, 0.25) is 11.8 Å². The third kappa shape index (κ3) is 5.54. The standard InChI is InChI=1S/C26H31F4N3O3/c1-13(14-6-8-15(9-7-14)20-21(29)17(27)11-18(28)22(20)30)32-24(35)19-10-16(34)12-33(19)25(36)23(31-5)26(2,3)4/h6-9,11,13,16,19,23,31,34H,10,12H2,1-5H3,(H,32,35)/t13-,16+,19-,23+/m0/s1. The number of halogens is 4. The van der Waals surface area contributed by atoms with Crippen LogP contribution < -0.4 is 10.6 Å². The number of rotatable bonds is 6. The number of carbonyl (C=O) groups excluding carboxylic acids is 2. The Hall–Kier alpha value is -2.98. The molecule has 0 bridgehead atoms. The highest BCUT2D eigenvalue weighted by Gasteiger charge is 2.43. The number of aliphatic hydroxyl groups is 1. The fourth-order valence-electron chi connectivity index (χ4n) is 4.56. The largest absolute Gasteiger partial charge is 0.391 e. The van der Waals surface area contributed by atoms with Gasteiger partial charge in [-0.2, -0.15) is 0 Å². The summed E-state index contributed by atoms with van der Waals surface area (Å²) in [6.07, 6.45) is -0.749. The van der Waals surface area contributed by atoms with E-state index < -0.39 is 64.4 Å². The third-order valence-electron chi connectivity index (χ3n) is 6.44. The summed E-state index contributed by atoms with van der Waals surface area (Å²) in [5, 5.41) is 16.0. The molecule has 0 aliphatic carbocycles. The highest BCUT2D eigenvalue weighted by molar-refractivity contribution is 5.91. The van der Waals surface area contributed by atoms with E-state index >= 15 is 0 Å². The minimum Gasteiger partial charge on any atom is -0.391 e. The van der Waals surface area contributed by atoms with Crippen LogP contribution in [0, 0.1) is 28.7 Å². The van der Waals surface area contributed by atoms with Crippen molar-refractivity contribution in [2.24, 2.45) is 5.41 Å². The summed E-state index contributed by atoms with van der Waals surface area (Å²) < 4.78 is 55.4. The van der Waals surface area contributed by atoms with Crippen molar-refractivity contribution in [1.29, 1.82) is 0 Å². The monoisotopic (exact) mass is 509 g/mol. The lowest BCUT2D eigenvalue weighted by atomic mass is 9.86. The zero-order chi connectivity index (χ0) is 26.9. The van der Waals surface area contributed by atoms with Gasteiger partial charge < -0.3 is 20.6 Å². The summed E-state index contributed by atoms with van der Waals surface area (Å²) in [6.45, 7) is 7.41. The first-order valence-electron chi connectivity index (χ1n) is 11.7. The van der Waals surface area contributed by atoms with Crippen molar-refractivity contribution in [1.82, 2.24) is 15.5 Å². The Kier molecular flexibility index (Phi) is 8.10. The highest BCUT2D eigenvalue weighted by atomic mass is 19.2. The normalized spacial score (nSPS) is 19.8. The molecule has 3 N–H and O–H groups in total. The predicted octanol–water partition coefficient (Wildman–Crippen LogP) is 3.68. The minimum atomic E-state index is -1.50. The van der Waals surface area contributed by atoms with Crippen LogP contribution in [0.5, 0.6) is 0 Å². The average molecular weight is 510 g/mol. The molecule has 1 heterocycles. The number of aliphatic hydroxyl groups excluding tert-OH is 1. The molecular formula is C26H31F4N3O3. The molecule has 1 saturated heterocycles. The lowest BCUT2D eigenvalue weighted by Crippen LogP contribution is -2.56. The van der Waals surface area contributed by atoms with Crippen LogP contribution in [0.25, 0.3) is 11.1 Å². The number of likely N-dealkylation sites (N-methyl/N-ethyl adjacent to an activating group) is 1. The summed E-state index contributed by atoms with van der Waals surface area (Å²) in [5.41, 5.74) is -0.743. The molecular weight excluding hydrogens is 478 g/mol. The molecule has 0 saturated carbocycles. The SMILES string of the molecule is CN[C@H](C(=O)N1C[C@H](O)C[C@H]1C(=O)N[C@@H](C)c1ccc(-c2c(F)c(F)cc(F)c2F)cc1)C(C)(C)C. The van der Waals surface area contributed by atoms with Crippen LogP contribution in [0.1, 0.15) is 45.7 Å². The Morgan fingerprint density at radius 1 is 1.06 bits per heavy atom. The van der Waals surface area contributed by atoms with Crippen LogP contribution in [-0.4, -0.2) is 53.6 Å². The quantitative estimate of drug-likeness (QED) is 0.410. The van der Waals surface area contributed by atoms with E-state index in [0.29, 0.717) is 5.56 Å². The van der Waals surface area contributed by atoms with Crippen molar-refractivity contribution >= 4 is 11.8 Å². The zero-order valence-electron chi connectivity index (χ0n) is 20.8. The summed E-state index contributed by atoms with van der Waals surface area (Å²) in [5.74, 6) is -6.74. The van der Waals surface area contributed by atoms with Gasteiger partial charge in [0, 0.05) is 19.0 Å². The summed E-state index contributed by atoms with van der Waals surface area (Å²) in [7, 11) is 1.66. The molecule has 2 aromatic rings. The smallest absolute Gasteiger partial charge is 0.243 e. The van der Waals surface area contributed by atoms with Gasteiger partial charge in [0.05, 0.1) is 23.8 Å². The second-order valence-corrected chi connectivity index (χ2v) is 10.2. The maximum Gasteiger partial charge on any atom is 0.243 e. The van der Waals surface area contributed by atoms with Gasteiger partial charge >= 0.3 is 0 Å². The number of likely N-dealkylation sites (tertiary alicyclic amines) is 1. The average Bonchev–Trinajstić information content (AvgIpc) is 3.19. The first-order valence-corrected chi connectivity index (χ1v) is 11.7. The molecule has 4 atom stereocenters. The third-order valence-corrected chi connectivity index (χ3v) is 6.44. The van der Waals surface area contributed by atoms with Gasteiger partial charge in [0.15, 0.2) is 23.3 Å². The molecule has 0 radical (unpaired) electrons. The number of amides is 2. The lowest BCUT2D eigenvalue weighted by molar-refractivity contribution is -0.142. The summed E-state index contributed by atoms with van der Waals surface area (Å²) in [4.78, 5) is 27.6. The van der Waals surface area contributed by atoms with Crippen LogP contribution in [0.2, 0.25) is 0 Å². The van der Waals surface area contributed by atoms with E-state index in [1.807, 2.05) is 20.8 Å². The molecule has 0 unspecified atom stereocenters. The van der Waals surface area contributed by atoms with Crippen molar-refractivity contribution in [2.45, 2.75) is 58.3 Å². The van der Waals surface area contributed by atoms with Gasteiger partial charge in [-0.1, -0.05) is 45.0 Å². The lowest BCUT2D eigenvalue weighted by Gasteiger charge is -2.34. The van der Waals surface area contributed by atoms with E-state index in [9.17, 15) is 32.3 Å². The molecule has 0 aromatic heterocycles. The molecule has 1 fully saturated rings. The Bertz CT molecular complexity index is 1110. The minimum absolute atomic E-state index is 0.0373. The molecule has 2 aromatic carbocycles. The predicted molar refractivity (Wildman–Crippen MR) is 127 cm³/mol. The number of carbonyl (C=O) groups is 2. The molecule has 1 aliphatic heterocycles. The first kappa shape index (κ1) is 27.6. The maximum absolute atomic E-state index is 14.1. The number of hydrogen-bond acceptors (Lipinski definition) is 4. The molecule has 36 heavy (non-hydrogen) atoms. The summed E-state index contributed by atoms with van der Waals surface area (Å²) >= 11 is 0. The highest BCUT2D eigenvalue weighted by Crippen LogP contribution is 2.31. The number of β-amino-alcohol motifs (C(OH)–C–C–N with tert-alkyl or cyclic N) is 1. The molecule has 1 aliphatic rings. The van der Waals surface area contributed by atoms with Crippen molar-refractivity contribution in [3.8, 4) is 11.1 Å². The number of hydrogen-bond donors (Lipinski definition) is 3. The molecule has 196 valence electrons. The maximum atomic E-state index is 14.1. The Morgan fingerprint density at radius 3 is 2.11 bits per heavy atom. The van der Waals surface area contributed by atoms with Gasteiger partial charge in [-0.25, -0.2) is 17.6 Å². The zero-order valence-corrected chi connectivity index (χ0v) is 20.8. The van der Waals surface area contributed by atoms with Crippen LogP contribution in [0.15, 0.2) is 30.3 Å². The number of nitrogens with one attached hydrogen (secondary N) is 2. The second kappa shape index (κ2) is 10.6. The van der Waals surface area contributed by atoms with Crippen molar-refractivity contribution in [3.63, 3.8) is 0 Å². The van der Waals surface area contributed by atoms with E-state index in [-0.39, 0.29) is 30.5 Å². The van der Waals surface area contributed by atoms with E-state index in [0.717, 1.165) is 0 Å². The molecule has 10 heteroatoms. The Balaban J connectivity index is 1.77. The van der Waals surface area contributed by atoms with Gasteiger partial charge in [-0.05, 0) is 30.5 Å². The number of benzene rings is 2. The van der Waals surface area contributed by atoms with Gasteiger partial charge in [-0.3, -0.25) is 9.59 Å². The van der Waals surface area contributed by atoms with Crippen LogP contribution in [0.4, 0.5) is 17.6 Å². The molecule has 2 amide bonds. The van der Waals surface area contributed by atoms with E-state index in [1.54, 1.807) is 14.0 Å². The van der Waals surface area contributed by atoms with E-state index in [4.69, 9.17) is 0 Å². The molecule has 0 spiro atoms. The Morgan fingerprint density at radius 2 is 1.61 bits per heavy atom. The van der Waals surface area contributed by atoms with Gasteiger partial charge in [0.25, 0.3) is 0 Å². The molecule has 6 nitrogen and oxygen atoms in total. The van der Waals surface area contributed by atoms with Crippen LogP contribution in [0.3, 0.4) is 0 Å². The second-order valence-electron chi connectivity index (χ2n) is 10.2. The fraction of sp³-hybridized carbons (Fsp3) is 0.462. The molecule has 3 rings (SSSR count). The summed E-state index contributed by atoms with van der Waals surface area (Å²) in [6, 6.07) is 3.71. The van der Waals surface area contributed by atoms with Crippen molar-refractivity contribution in [3.05, 3.63) is 59.2 Å². The van der Waals surface area contributed by atoms with E-state index in [2.05, 4.69) is 10.6 Å². The van der Waals surface area contributed by atoms with E-state index in [1.165, 1.54) is 29.2 Å². The first-order chi connectivity index (χ1) is 16.8.